The number of amides is 3. The van der Waals surface area contributed by atoms with Gasteiger partial charge in [0.05, 0.1) is 12.9 Å². The molecular weight excluding hydrogens is 546 g/mol. The second-order valence-corrected chi connectivity index (χ2v) is 10.5. The van der Waals surface area contributed by atoms with Gasteiger partial charge < -0.3 is 20.7 Å². The topological polar surface area (TPSA) is 96.5 Å². The van der Waals surface area contributed by atoms with Crippen LogP contribution in [0.5, 0.6) is 5.75 Å². The molecule has 0 aliphatic rings. The van der Waals surface area contributed by atoms with Crippen molar-refractivity contribution >= 4 is 46.9 Å². The smallest absolute Gasteiger partial charge is 0.272 e. The van der Waals surface area contributed by atoms with Gasteiger partial charge in [-0.05, 0) is 84.6 Å². The van der Waals surface area contributed by atoms with Crippen LogP contribution >= 0.6 is 11.8 Å². The predicted octanol–water partition coefficient (Wildman–Crippen LogP) is 6.71. The first-order chi connectivity index (χ1) is 20.4. The van der Waals surface area contributed by atoms with Crippen molar-refractivity contribution < 1.29 is 19.1 Å². The fraction of sp³-hybridized carbons (Fsp3) is 0.147. The van der Waals surface area contributed by atoms with E-state index in [0.29, 0.717) is 17.0 Å². The van der Waals surface area contributed by atoms with Crippen LogP contribution in [0, 0.1) is 6.92 Å². The quantitative estimate of drug-likeness (QED) is 0.136. The fourth-order valence-electron chi connectivity index (χ4n) is 4.17. The molecule has 3 amide bonds. The van der Waals surface area contributed by atoms with E-state index in [-0.39, 0.29) is 17.4 Å². The van der Waals surface area contributed by atoms with Crippen LogP contribution in [0.1, 0.15) is 34.0 Å². The standard InChI is InChI=1S/C34H33N3O4S/c1-4-25-12-8-9-23(2)32(25)37-31(38)22-42-29-19-15-27(16-20-29)35-34(40)30(21-24-13-17-28(41-3)18-14-24)36-33(39)26-10-6-5-7-11-26/h5-21H,4,22H2,1-3H3,(H,35,40)(H,36,39)(H,37,38). The van der Waals surface area contributed by atoms with Crippen molar-refractivity contribution in [2.24, 2.45) is 0 Å². The number of hydrogen-bond donors (Lipinski definition) is 3. The van der Waals surface area contributed by atoms with E-state index in [1.807, 2.05) is 43.3 Å². The molecule has 42 heavy (non-hydrogen) atoms. The van der Waals surface area contributed by atoms with Crippen molar-refractivity contribution in [3.63, 3.8) is 0 Å². The van der Waals surface area contributed by atoms with Crippen LogP contribution in [0.3, 0.4) is 0 Å². The van der Waals surface area contributed by atoms with E-state index in [9.17, 15) is 14.4 Å². The molecule has 0 bridgehead atoms. The Balaban J connectivity index is 1.41. The van der Waals surface area contributed by atoms with Crippen LogP contribution in [0.2, 0.25) is 0 Å². The van der Waals surface area contributed by atoms with Gasteiger partial charge >= 0.3 is 0 Å². The fourth-order valence-corrected chi connectivity index (χ4v) is 4.87. The molecule has 0 atom stereocenters. The number of benzene rings is 4. The molecule has 0 radical (unpaired) electrons. The lowest BCUT2D eigenvalue weighted by Gasteiger charge is -2.13. The molecule has 0 saturated carbocycles. The van der Waals surface area contributed by atoms with Crippen LogP contribution in [0.4, 0.5) is 11.4 Å². The zero-order valence-corrected chi connectivity index (χ0v) is 24.6. The highest BCUT2D eigenvalue weighted by molar-refractivity contribution is 8.00. The highest BCUT2D eigenvalue weighted by atomic mass is 32.2. The molecule has 8 heteroatoms. The van der Waals surface area contributed by atoms with Crippen LogP contribution in [0.15, 0.2) is 108 Å². The molecule has 7 nitrogen and oxygen atoms in total. The average Bonchev–Trinajstić information content (AvgIpc) is 3.02. The summed E-state index contributed by atoms with van der Waals surface area (Å²) in [6.45, 7) is 4.05. The largest absolute Gasteiger partial charge is 0.497 e. The molecule has 0 heterocycles. The molecule has 0 saturated heterocycles. The minimum Gasteiger partial charge on any atom is -0.497 e. The van der Waals surface area contributed by atoms with Gasteiger partial charge in [0.15, 0.2) is 0 Å². The Hall–Kier alpha value is -4.82. The zero-order valence-electron chi connectivity index (χ0n) is 23.8. The average molecular weight is 580 g/mol. The van der Waals surface area contributed by atoms with Gasteiger partial charge in [-0.15, -0.1) is 11.8 Å². The van der Waals surface area contributed by atoms with Crippen molar-refractivity contribution in [1.29, 1.82) is 0 Å². The number of methoxy groups -OCH3 is 1. The number of nitrogens with one attached hydrogen (secondary N) is 3. The summed E-state index contributed by atoms with van der Waals surface area (Å²) in [6, 6.07) is 29.1. The van der Waals surface area contributed by atoms with E-state index in [0.717, 1.165) is 33.7 Å². The summed E-state index contributed by atoms with van der Waals surface area (Å²) in [4.78, 5) is 39.7. The highest BCUT2D eigenvalue weighted by Gasteiger charge is 2.15. The second kappa shape index (κ2) is 14.7. The van der Waals surface area contributed by atoms with Crippen molar-refractivity contribution in [2.45, 2.75) is 25.2 Å². The summed E-state index contributed by atoms with van der Waals surface area (Å²) in [7, 11) is 1.58. The Morgan fingerprint density at radius 3 is 2.21 bits per heavy atom. The number of carbonyl (C=O) groups is 3. The maximum absolute atomic E-state index is 13.3. The van der Waals surface area contributed by atoms with Crippen molar-refractivity contribution in [3.8, 4) is 5.75 Å². The molecule has 0 aromatic heterocycles. The first-order valence-electron chi connectivity index (χ1n) is 13.5. The van der Waals surface area contributed by atoms with E-state index in [4.69, 9.17) is 4.74 Å². The van der Waals surface area contributed by atoms with Gasteiger partial charge in [0.25, 0.3) is 11.8 Å². The molecular formula is C34H33N3O4S. The monoisotopic (exact) mass is 579 g/mol. The van der Waals surface area contributed by atoms with Gasteiger partial charge in [-0.2, -0.15) is 0 Å². The summed E-state index contributed by atoms with van der Waals surface area (Å²) < 4.78 is 5.21. The van der Waals surface area contributed by atoms with Crippen molar-refractivity contribution in [3.05, 3.63) is 125 Å². The molecule has 214 valence electrons. The number of aryl methyl sites for hydroxylation is 2. The molecule has 0 aliphatic carbocycles. The lowest BCUT2D eigenvalue weighted by atomic mass is 10.1. The van der Waals surface area contributed by atoms with Gasteiger partial charge in [0.1, 0.15) is 11.4 Å². The van der Waals surface area contributed by atoms with E-state index >= 15 is 0 Å². The Kier molecular flexibility index (Phi) is 10.6. The van der Waals surface area contributed by atoms with Gasteiger partial charge in [-0.1, -0.05) is 55.5 Å². The van der Waals surface area contributed by atoms with Gasteiger partial charge in [0, 0.05) is 21.8 Å². The van der Waals surface area contributed by atoms with Crippen molar-refractivity contribution in [1.82, 2.24) is 5.32 Å². The van der Waals surface area contributed by atoms with Crippen molar-refractivity contribution in [2.75, 3.05) is 23.5 Å². The Labute approximate surface area is 250 Å². The lowest BCUT2D eigenvalue weighted by molar-refractivity contribution is -0.114. The van der Waals surface area contributed by atoms with E-state index in [2.05, 4.69) is 22.9 Å². The third kappa shape index (κ3) is 8.34. The number of ether oxygens (including phenoxy) is 1. The van der Waals surface area contributed by atoms with E-state index in [1.165, 1.54) is 11.8 Å². The molecule has 0 spiro atoms. The molecule has 4 rings (SSSR count). The number of rotatable bonds is 11. The normalized spacial score (nSPS) is 11.0. The van der Waals surface area contributed by atoms with Gasteiger partial charge in [0.2, 0.25) is 5.91 Å². The molecule has 3 N–H and O–H groups in total. The number of hydrogen-bond acceptors (Lipinski definition) is 5. The third-order valence-corrected chi connectivity index (χ3v) is 7.45. The van der Waals surface area contributed by atoms with Crippen LogP contribution in [0.25, 0.3) is 6.08 Å². The summed E-state index contributed by atoms with van der Waals surface area (Å²) in [5.41, 5.74) is 4.81. The maximum Gasteiger partial charge on any atom is 0.272 e. The Morgan fingerprint density at radius 2 is 1.55 bits per heavy atom. The number of thioether (sulfide) groups is 1. The predicted molar refractivity (Wildman–Crippen MR) is 170 cm³/mol. The highest BCUT2D eigenvalue weighted by Crippen LogP contribution is 2.24. The summed E-state index contributed by atoms with van der Waals surface area (Å²) in [5, 5.41) is 8.63. The van der Waals surface area contributed by atoms with E-state index in [1.54, 1.807) is 73.8 Å². The Morgan fingerprint density at radius 1 is 0.833 bits per heavy atom. The minimum atomic E-state index is -0.472. The first kappa shape index (κ1) is 30.1. The number of anilines is 2. The first-order valence-corrected chi connectivity index (χ1v) is 14.5. The summed E-state index contributed by atoms with van der Waals surface area (Å²) in [5.74, 6) is -0.0116. The Bertz CT molecular complexity index is 1570. The molecule has 4 aromatic carbocycles. The zero-order chi connectivity index (χ0) is 29.9. The SMILES string of the molecule is CCc1cccc(C)c1NC(=O)CSc1ccc(NC(=O)C(=Cc2ccc(OC)cc2)NC(=O)c2ccccc2)cc1. The summed E-state index contributed by atoms with van der Waals surface area (Å²) >= 11 is 1.41. The number of carbonyl (C=O) groups excluding carboxylic acids is 3. The maximum atomic E-state index is 13.3. The van der Waals surface area contributed by atoms with Crippen LogP contribution < -0.4 is 20.7 Å². The van der Waals surface area contributed by atoms with E-state index < -0.39 is 11.8 Å². The van der Waals surface area contributed by atoms with Gasteiger partial charge in [-0.3, -0.25) is 14.4 Å². The third-order valence-electron chi connectivity index (χ3n) is 6.44. The van der Waals surface area contributed by atoms with Crippen LogP contribution in [-0.2, 0) is 16.0 Å². The molecule has 0 aliphatic heterocycles. The second-order valence-electron chi connectivity index (χ2n) is 9.43. The van der Waals surface area contributed by atoms with Gasteiger partial charge in [-0.25, -0.2) is 0 Å². The molecule has 0 unspecified atom stereocenters. The molecule has 4 aromatic rings. The lowest BCUT2D eigenvalue weighted by Crippen LogP contribution is -2.30. The summed E-state index contributed by atoms with van der Waals surface area (Å²) in [6.07, 6.45) is 2.45. The number of para-hydroxylation sites is 1. The van der Waals surface area contributed by atoms with Crippen LogP contribution in [-0.4, -0.2) is 30.6 Å². The minimum absolute atomic E-state index is 0.0798. The molecule has 0 fully saturated rings.